The van der Waals surface area contributed by atoms with Crippen LogP contribution in [0.4, 0.5) is 0 Å². The molecule has 0 saturated carbocycles. The fourth-order valence-electron chi connectivity index (χ4n) is 3.11. The number of H-pyrrole nitrogens is 1. The monoisotopic (exact) mass is 434 g/mol. The van der Waals surface area contributed by atoms with Crippen molar-refractivity contribution in [2.75, 3.05) is 13.2 Å². The topological polar surface area (TPSA) is 97.0 Å². The van der Waals surface area contributed by atoms with E-state index in [-0.39, 0.29) is 30.0 Å². The standard InChI is InChI=1S/C25H30N4O3/c1-18(2)17-32-21-12-10-20(11-13-21)24-27-25(31)22(28-29-24)14-15-23(30)26-16-6-9-19-7-4-3-5-8-19/h3-5,7-8,10-13,18H,6,9,14-17H2,1-2H3,(H,26,30)(H,27,29,31). The Balaban J connectivity index is 1.45. The number of hydrogen-bond acceptors (Lipinski definition) is 5. The summed E-state index contributed by atoms with van der Waals surface area (Å²) in [7, 11) is 0. The van der Waals surface area contributed by atoms with Gasteiger partial charge >= 0.3 is 0 Å². The number of aromatic nitrogens is 3. The number of amides is 1. The Labute approximate surface area is 188 Å². The second-order valence-electron chi connectivity index (χ2n) is 8.12. The van der Waals surface area contributed by atoms with E-state index in [2.05, 4.69) is 46.5 Å². The molecular weight excluding hydrogens is 404 g/mol. The first-order chi connectivity index (χ1) is 15.5. The smallest absolute Gasteiger partial charge is 0.273 e. The first-order valence-electron chi connectivity index (χ1n) is 11.0. The third-order valence-electron chi connectivity index (χ3n) is 4.87. The first-order valence-corrected chi connectivity index (χ1v) is 11.0. The minimum Gasteiger partial charge on any atom is -0.493 e. The van der Waals surface area contributed by atoms with E-state index in [1.54, 1.807) is 0 Å². The van der Waals surface area contributed by atoms with Crippen molar-refractivity contribution in [3.05, 3.63) is 76.2 Å². The SMILES string of the molecule is CC(C)COc1ccc(-c2nnc(CCC(=O)NCCCc3ccccc3)c(=O)[nH]2)cc1. The van der Waals surface area contributed by atoms with Gasteiger partial charge in [-0.05, 0) is 48.6 Å². The van der Waals surface area contributed by atoms with Crippen LogP contribution in [-0.4, -0.2) is 34.2 Å². The number of benzene rings is 2. The van der Waals surface area contributed by atoms with Gasteiger partial charge in [0.1, 0.15) is 11.4 Å². The van der Waals surface area contributed by atoms with Crippen molar-refractivity contribution < 1.29 is 9.53 Å². The maximum atomic E-state index is 12.4. The Morgan fingerprint density at radius 3 is 2.47 bits per heavy atom. The van der Waals surface area contributed by atoms with Crippen LogP contribution in [0.5, 0.6) is 5.75 Å². The van der Waals surface area contributed by atoms with E-state index in [0.29, 0.717) is 24.9 Å². The molecule has 0 aliphatic heterocycles. The molecule has 1 heterocycles. The van der Waals surface area contributed by atoms with E-state index in [1.165, 1.54) is 5.56 Å². The van der Waals surface area contributed by atoms with Gasteiger partial charge in [-0.15, -0.1) is 10.2 Å². The summed E-state index contributed by atoms with van der Waals surface area (Å²) in [5.74, 6) is 1.50. The van der Waals surface area contributed by atoms with Gasteiger partial charge in [-0.2, -0.15) is 0 Å². The molecule has 0 aliphatic rings. The number of ether oxygens (including phenoxy) is 1. The van der Waals surface area contributed by atoms with E-state index in [1.807, 2.05) is 42.5 Å². The summed E-state index contributed by atoms with van der Waals surface area (Å²) in [6.07, 6.45) is 2.23. The van der Waals surface area contributed by atoms with Gasteiger partial charge in [0.05, 0.1) is 6.61 Å². The van der Waals surface area contributed by atoms with E-state index >= 15 is 0 Å². The lowest BCUT2D eigenvalue weighted by molar-refractivity contribution is -0.121. The largest absolute Gasteiger partial charge is 0.493 e. The van der Waals surface area contributed by atoms with Crippen LogP contribution in [-0.2, 0) is 17.6 Å². The van der Waals surface area contributed by atoms with Crippen molar-refractivity contribution in [3.8, 4) is 17.1 Å². The number of aryl methyl sites for hydroxylation is 2. The predicted molar refractivity (Wildman–Crippen MR) is 125 cm³/mol. The summed E-state index contributed by atoms with van der Waals surface area (Å²) < 4.78 is 5.67. The highest BCUT2D eigenvalue weighted by Crippen LogP contribution is 2.18. The van der Waals surface area contributed by atoms with Crippen LogP contribution >= 0.6 is 0 Å². The van der Waals surface area contributed by atoms with Crippen LogP contribution in [0.3, 0.4) is 0 Å². The Hall–Kier alpha value is -3.48. The maximum Gasteiger partial charge on any atom is 0.273 e. The molecule has 0 fully saturated rings. The molecule has 3 aromatic rings. The van der Waals surface area contributed by atoms with Gasteiger partial charge in [0, 0.05) is 24.9 Å². The van der Waals surface area contributed by atoms with Gasteiger partial charge in [-0.25, -0.2) is 0 Å². The molecule has 2 N–H and O–H groups in total. The predicted octanol–water partition coefficient (Wildman–Crippen LogP) is 3.55. The van der Waals surface area contributed by atoms with Gasteiger partial charge in [0.2, 0.25) is 5.91 Å². The van der Waals surface area contributed by atoms with E-state index in [9.17, 15) is 9.59 Å². The summed E-state index contributed by atoms with van der Waals surface area (Å²) in [4.78, 5) is 27.2. The second kappa shape index (κ2) is 11.8. The zero-order valence-corrected chi connectivity index (χ0v) is 18.6. The normalized spacial score (nSPS) is 10.8. The third kappa shape index (κ3) is 7.34. The van der Waals surface area contributed by atoms with Gasteiger partial charge < -0.3 is 15.0 Å². The number of aromatic amines is 1. The summed E-state index contributed by atoms with van der Waals surface area (Å²) in [5.41, 5.74) is 1.92. The minimum atomic E-state index is -0.327. The highest BCUT2D eigenvalue weighted by Gasteiger charge is 2.10. The lowest BCUT2D eigenvalue weighted by Crippen LogP contribution is -2.26. The lowest BCUT2D eigenvalue weighted by atomic mass is 10.1. The number of hydrogen-bond donors (Lipinski definition) is 2. The Morgan fingerprint density at radius 2 is 1.78 bits per heavy atom. The number of nitrogens with zero attached hydrogens (tertiary/aromatic N) is 2. The van der Waals surface area contributed by atoms with Crippen LogP contribution in [0.2, 0.25) is 0 Å². The molecule has 168 valence electrons. The Kier molecular flexibility index (Phi) is 8.54. The lowest BCUT2D eigenvalue weighted by Gasteiger charge is -2.09. The summed E-state index contributed by atoms with van der Waals surface area (Å²) in [6.45, 7) is 5.43. The maximum absolute atomic E-state index is 12.4. The van der Waals surface area contributed by atoms with Crippen LogP contribution in [0.1, 0.15) is 37.9 Å². The fourth-order valence-corrected chi connectivity index (χ4v) is 3.11. The fraction of sp³-hybridized carbons (Fsp3) is 0.360. The number of nitrogens with one attached hydrogen (secondary N) is 2. The van der Waals surface area contributed by atoms with Crippen molar-refractivity contribution in [2.24, 2.45) is 5.92 Å². The molecule has 0 saturated heterocycles. The molecule has 7 heteroatoms. The van der Waals surface area contributed by atoms with Crippen LogP contribution in [0.25, 0.3) is 11.4 Å². The second-order valence-corrected chi connectivity index (χ2v) is 8.12. The number of carbonyl (C=O) groups is 1. The van der Waals surface area contributed by atoms with E-state index in [4.69, 9.17) is 4.74 Å². The zero-order chi connectivity index (χ0) is 22.8. The Morgan fingerprint density at radius 1 is 1.03 bits per heavy atom. The van der Waals surface area contributed by atoms with Gasteiger partial charge in [0.25, 0.3) is 5.56 Å². The number of carbonyl (C=O) groups excluding carboxylic acids is 1. The van der Waals surface area contributed by atoms with Gasteiger partial charge in [-0.1, -0.05) is 44.2 Å². The number of rotatable bonds is 11. The molecule has 0 atom stereocenters. The van der Waals surface area contributed by atoms with Crippen molar-refractivity contribution in [1.82, 2.24) is 20.5 Å². The third-order valence-corrected chi connectivity index (χ3v) is 4.87. The van der Waals surface area contributed by atoms with Crippen molar-refractivity contribution in [3.63, 3.8) is 0 Å². The van der Waals surface area contributed by atoms with Gasteiger partial charge in [0.15, 0.2) is 5.82 Å². The van der Waals surface area contributed by atoms with E-state index in [0.717, 1.165) is 24.2 Å². The molecule has 0 spiro atoms. The molecule has 7 nitrogen and oxygen atoms in total. The average Bonchev–Trinajstić information content (AvgIpc) is 2.80. The van der Waals surface area contributed by atoms with Crippen LogP contribution in [0, 0.1) is 5.92 Å². The summed E-state index contributed by atoms with van der Waals surface area (Å²) in [5, 5.41) is 11.1. The highest BCUT2D eigenvalue weighted by atomic mass is 16.5. The molecule has 1 amide bonds. The summed E-state index contributed by atoms with van der Waals surface area (Å²) in [6, 6.07) is 17.5. The van der Waals surface area contributed by atoms with Crippen molar-refractivity contribution in [2.45, 2.75) is 39.5 Å². The average molecular weight is 435 g/mol. The molecule has 3 rings (SSSR count). The molecule has 0 aliphatic carbocycles. The van der Waals surface area contributed by atoms with Gasteiger partial charge in [-0.3, -0.25) is 9.59 Å². The van der Waals surface area contributed by atoms with E-state index < -0.39 is 0 Å². The highest BCUT2D eigenvalue weighted by molar-refractivity contribution is 5.76. The summed E-state index contributed by atoms with van der Waals surface area (Å²) >= 11 is 0. The van der Waals surface area contributed by atoms with Crippen LogP contribution in [0.15, 0.2) is 59.4 Å². The quantitative estimate of drug-likeness (QED) is 0.450. The minimum absolute atomic E-state index is 0.0969. The molecule has 0 radical (unpaired) electrons. The Bertz CT molecular complexity index is 1050. The van der Waals surface area contributed by atoms with Crippen molar-refractivity contribution >= 4 is 5.91 Å². The first kappa shape index (κ1) is 23.2. The molecule has 0 unspecified atom stereocenters. The molecule has 0 bridgehead atoms. The van der Waals surface area contributed by atoms with Crippen molar-refractivity contribution in [1.29, 1.82) is 0 Å². The van der Waals surface area contributed by atoms with Crippen LogP contribution < -0.4 is 15.6 Å². The molecular formula is C25H30N4O3. The zero-order valence-electron chi connectivity index (χ0n) is 18.6. The molecule has 1 aromatic heterocycles. The molecule has 32 heavy (non-hydrogen) atoms. The molecule has 2 aromatic carbocycles.